The van der Waals surface area contributed by atoms with Gasteiger partial charge in [-0.2, -0.15) is 0 Å². The Morgan fingerprint density at radius 2 is 1.78 bits per heavy atom. The second-order valence-electron chi connectivity index (χ2n) is 4.55. The number of non-ortho nitro benzene ring substituents is 1. The first-order chi connectivity index (χ1) is 8.59. The topological polar surface area (TPSA) is 43.1 Å². The van der Waals surface area contributed by atoms with E-state index in [0.717, 1.165) is 11.1 Å². The van der Waals surface area contributed by atoms with Gasteiger partial charge in [-0.15, -0.1) is 0 Å². The maximum atomic E-state index is 10.8. The fraction of sp³-hybridized carbons (Fsp3) is 0.200. The second kappa shape index (κ2) is 5.00. The van der Waals surface area contributed by atoms with Crippen molar-refractivity contribution in [2.45, 2.75) is 19.8 Å². The van der Waals surface area contributed by atoms with Crippen molar-refractivity contribution in [3.63, 3.8) is 0 Å². The highest BCUT2D eigenvalue weighted by atomic mass is 16.6. The average Bonchev–Trinajstić information content (AvgIpc) is 2.39. The molecule has 0 amide bonds. The summed E-state index contributed by atoms with van der Waals surface area (Å²) in [6, 6.07) is 14.8. The van der Waals surface area contributed by atoms with Crippen molar-refractivity contribution >= 4 is 5.69 Å². The zero-order chi connectivity index (χ0) is 13.1. The van der Waals surface area contributed by atoms with Crippen LogP contribution in [0.5, 0.6) is 0 Å². The maximum absolute atomic E-state index is 10.8. The van der Waals surface area contributed by atoms with E-state index in [9.17, 15) is 10.1 Å². The molecular formula is C15H15NO2. The molecule has 2 aromatic carbocycles. The third-order valence-electron chi connectivity index (χ3n) is 2.95. The molecule has 0 saturated heterocycles. The second-order valence-corrected chi connectivity index (χ2v) is 4.55. The van der Waals surface area contributed by atoms with Gasteiger partial charge in [0, 0.05) is 12.1 Å². The zero-order valence-corrected chi connectivity index (χ0v) is 10.5. The van der Waals surface area contributed by atoms with Crippen LogP contribution in [0.25, 0.3) is 11.1 Å². The van der Waals surface area contributed by atoms with Gasteiger partial charge >= 0.3 is 0 Å². The quantitative estimate of drug-likeness (QED) is 0.591. The predicted molar refractivity (Wildman–Crippen MR) is 72.6 cm³/mol. The van der Waals surface area contributed by atoms with Crippen molar-refractivity contribution in [2.24, 2.45) is 0 Å². The van der Waals surface area contributed by atoms with Crippen molar-refractivity contribution in [1.82, 2.24) is 0 Å². The molecule has 0 aromatic heterocycles. The van der Waals surface area contributed by atoms with Crippen LogP contribution in [0, 0.1) is 10.1 Å². The van der Waals surface area contributed by atoms with Gasteiger partial charge in [0.1, 0.15) is 0 Å². The number of nitro benzene ring substituents is 1. The lowest BCUT2D eigenvalue weighted by Crippen LogP contribution is -1.93. The molecule has 2 aromatic rings. The molecule has 18 heavy (non-hydrogen) atoms. The predicted octanol–water partition coefficient (Wildman–Crippen LogP) is 4.39. The Morgan fingerprint density at radius 1 is 1.06 bits per heavy atom. The number of hydrogen-bond acceptors (Lipinski definition) is 2. The fourth-order valence-corrected chi connectivity index (χ4v) is 2.05. The summed E-state index contributed by atoms with van der Waals surface area (Å²) in [5.41, 5.74) is 3.30. The van der Waals surface area contributed by atoms with Crippen LogP contribution < -0.4 is 0 Å². The SMILES string of the molecule is CC(C)c1ccccc1-c1cccc([N+](=O)[O-])c1. The van der Waals surface area contributed by atoms with Crippen LogP contribution in [0.1, 0.15) is 25.3 Å². The van der Waals surface area contributed by atoms with Gasteiger partial charge in [0.25, 0.3) is 5.69 Å². The monoisotopic (exact) mass is 241 g/mol. The van der Waals surface area contributed by atoms with Crippen LogP contribution in [0.4, 0.5) is 5.69 Å². The van der Waals surface area contributed by atoms with Gasteiger partial charge in [-0.3, -0.25) is 10.1 Å². The van der Waals surface area contributed by atoms with Crippen LogP contribution in [0.3, 0.4) is 0 Å². The number of rotatable bonds is 3. The van der Waals surface area contributed by atoms with Gasteiger partial charge in [0.2, 0.25) is 0 Å². The molecular weight excluding hydrogens is 226 g/mol. The van der Waals surface area contributed by atoms with E-state index in [1.807, 2.05) is 24.3 Å². The largest absolute Gasteiger partial charge is 0.270 e. The first kappa shape index (κ1) is 12.3. The van der Waals surface area contributed by atoms with Crippen LogP contribution in [-0.2, 0) is 0 Å². The number of nitro groups is 1. The molecule has 0 atom stereocenters. The third kappa shape index (κ3) is 2.40. The molecule has 0 fully saturated rings. The van der Waals surface area contributed by atoms with Gasteiger partial charge in [0.15, 0.2) is 0 Å². The van der Waals surface area contributed by atoms with E-state index in [1.54, 1.807) is 12.1 Å². The highest BCUT2D eigenvalue weighted by Crippen LogP contribution is 2.30. The summed E-state index contributed by atoms with van der Waals surface area (Å²) >= 11 is 0. The lowest BCUT2D eigenvalue weighted by molar-refractivity contribution is -0.384. The van der Waals surface area contributed by atoms with E-state index >= 15 is 0 Å². The Balaban J connectivity index is 2.55. The Kier molecular flexibility index (Phi) is 3.42. The summed E-state index contributed by atoms with van der Waals surface area (Å²) in [6.45, 7) is 4.24. The zero-order valence-electron chi connectivity index (χ0n) is 10.5. The molecule has 2 rings (SSSR count). The number of hydrogen-bond donors (Lipinski definition) is 0. The first-order valence-electron chi connectivity index (χ1n) is 5.93. The standard InChI is InChI=1S/C15H15NO2/c1-11(2)14-8-3-4-9-15(14)12-6-5-7-13(10-12)16(17)18/h3-11H,1-2H3. The van der Waals surface area contributed by atoms with E-state index < -0.39 is 0 Å². The van der Waals surface area contributed by atoms with Gasteiger partial charge in [-0.05, 0) is 22.6 Å². The summed E-state index contributed by atoms with van der Waals surface area (Å²) < 4.78 is 0. The lowest BCUT2D eigenvalue weighted by atomic mass is 9.92. The minimum atomic E-state index is -0.360. The molecule has 3 heteroatoms. The fourth-order valence-electron chi connectivity index (χ4n) is 2.05. The van der Waals surface area contributed by atoms with Crippen LogP contribution >= 0.6 is 0 Å². The molecule has 0 spiro atoms. The molecule has 0 saturated carbocycles. The summed E-state index contributed by atoms with van der Waals surface area (Å²) in [6.07, 6.45) is 0. The average molecular weight is 241 g/mol. The highest BCUT2D eigenvalue weighted by Gasteiger charge is 2.11. The molecule has 0 unspecified atom stereocenters. The Hall–Kier alpha value is -2.16. The summed E-state index contributed by atoms with van der Waals surface area (Å²) in [5, 5.41) is 10.8. The van der Waals surface area contributed by atoms with E-state index in [2.05, 4.69) is 19.9 Å². The Morgan fingerprint density at radius 3 is 2.44 bits per heavy atom. The molecule has 0 heterocycles. The van der Waals surface area contributed by atoms with E-state index in [4.69, 9.17) is 0 Å². The van der Waals surface area contributed by atoms with Crippen LogP contribution in [0.15, 0.2) is 48.5 Å². The molecule has 0 bridgehead atoms. The van der Waals surface area contributed by atoms with Gasteiger partial charge in [-0.25, -0.2) is 0 Å². The maximum Gasteiger partial charge on any atom is 0.270 e. The first-order valence-corrected chi connectivity index (χ1v) is 5.93. The van der Waals surface area contributed by atoms with Crippen molar-refractivity contribution in [3.8, 4) is 11.1 Å². The van der Waals surface area contributed by atoms with Crippen molar-refractivity contribution < 1.29 is 4.92 Å². The van der Waals surface area contributed by atoms with Crippen molar-refractivity contribution in [1.29, 1.82) is 0 Å². The van der Waals surface area contributed by atoms with Crippen LogP contribution in [-0.4, -0.2) is 4.92 Å². The molecule has 0 aliphatic heterocycles. The molecule has 0 N–H and O–H groups in total. The molecule has 0 aliphatic carbocycles. The summed E-state index contributed by atoms with van der Waals surface area (Å²) in [5.74, 6) is 0.389. The van der Waals surface area contributed by atoms with Gasteiger partial charge in [-0.1, -0.05) is 50.2 Å². The summed E-state index contributed by atoms with van der Waals surface area (Å²) in [7, 11) is 0. The van der Waals surface area contributed by atoms with Gasteiger partial charge < -0.3 is 0 Å². The van der Waals surface area contributed by atoms with Crippen LogP contribution in [0.2, 0.25) is 0 Å². The van der Waals surface area contributed by atoms with Crippen molar-refractivity contribution in [3.05, 3.63) is 64.2 Å². The minimum absolute atomic E-state index is 0.131. The van der Waals surface area contributed by atoms with Crippen molar-refractivity contribution in [2.75, 3.05) is 0 Å². The number of benzene rings is 2. The molecule has 0 aliphatic rings. The Bertz CT molecular complexity index is 576. The molecule has 3 nitrogen and oxygen atoms in total. The van der Waals surface area contributed by atoms with E-state index in [1.165, 1.54) is 11.6 Å². The molecule has 0 radical (unpaired) electrons. The van der Waals surface area contributed by atoms with E-state index in [0.29, 0.717) is 5.92 Å². The minimum Gasteiger partial charge on any atom is -0.258 e. The number of nitrogens with zero attached hydrogens (tertiary/aromatic N) is 1. The highest BCUT2D eigenvalue weighted by molar-refractivity contribution is 5.70. The molecule has 92 valence electrons. The summed E-state index contributed by atoms with van der Waals surface area (Å²) in [4.78, 5) is 10.4. The third-order valence-corrected chi connectivity index (χ3v) is 2.95. The van der Waals surface area contributed by atoms with Gasteiger partial charge in [0.05, 0.1) is 4.92 Å². The Labute approximate surface area is 106 Å². The normalized spacial score (nSPS) is 10.6. The lowest BCUT2D eigenvalue weighted by Gasteiger charge is -2.12. The van der Waals surface area contributed by atoms with E-state index in [-0.39, 0.29) is 10.6 Å². The smallest absolute Gasteiger partial charge is 0.258 e.